The lowest BCUT2D eigenvalue weighted by Crippen LogP contribution is -2.13. The van der Waals surface area contributed by atoms with E-state index < -0.39 is 0 Å². The molecule has 0 saturated carbocycles. The number of rotatable bonds is 4. The van der Waals surface area contributed by atoms with E-state index in [-0.39, 0.29) is 0 Å². The molecule has 0 aromatic carbocycles. The van der Waals surface area contributed by atoms with Crippen molar-refractivity contribution in [2.45, 2.75) is 25.2 Å². The van der Waals surface area contributed by atoms with Gasteiger partial charge < -0.3 is 10.6 Å². The summed E-state index contributed by atoms with van der Waals surface area (Å²) in [7, 11) is 2.18. The third-order valence-corrected chi connectivity index (χ3v) is 4.16. The number of hydrogen-bond acceptors (Lipinski definition) is 4. The Bertz CT molecular complexity index is 311. The van der Waals surface area contributed by atoms with E-state index in [9.17, 15) is 0 Å². The first-order valence-electron chi connectivity index (χ1n) is 5.63. The number of hydrogen-bond donors (Lipinski definition) is 1. The summed E-state index contributed by atoms with van der Waals surface area (Å²) >= 11 is 1.88. The van der Waals surface area contributed by atoms with Gasteiger partial charge in [-0.2, -0.15) is 0 Å². The van der Waals surface area contributed by atoms with Crippen molar-refractivity contribution in [3.8, 4) is 0 Å². The predicted molar refractivity (Wildman–Crippen MR) is 64.3 cm³/mol. The molecule has 1 aliphatic rings. The summed E-state index contributed by atoms with van der Waals surface area (Å²) in [5, 5.41) is 1.33. The van der Waals surface area contributed by atoms with Gasteiger partial charge in [0.25, 0.3) is 0 Å². The summed E-state index contributed by atoms with van der Waals surface area (Å²) in [5.41, 5.74) is 5.50. The highest BCUT2D eigenvalue weighted by atomic mass is 32.1. The molecule has 0 amide bonds. The lowest BCUT2D eigenvalue weighted by atomic mass is 10.1. The van der Waals surface area contributed by atoms with Crippen molar-refractivity contribution >= 4 is 11.3 Å². The maximum atomic E-state index is 5.50. The van der Waals surface area contributed by atoms with Crippen LogP contribution >= 0.6 is 11.3 Å². The maximum absolute atomic E-state index is 5.50. The fraction of sp³-hybridized carbons (Fsp3) is 0.727. The van der Waals surface area contributed by atoms with Gasteiger partial charge in [0.1, 0.15) is 0 Å². The van der Waals surface area contributed by atoms with E-state index in [4.69, 9.17) is 5.73 Å². The van der Waals surface area contributed by atoms with Crippen LogP contribution in [0, 0.1) is 0 Å². The standard InChI is InChI=1S/C11H19N3S/c1-14-6-4-9(8-14)11-13-7-10(15-11)3-2-5-12/h7,9H,2-6,8,12H2,1H3. The first-order chi connectivity index (χ1) is 7.29. The molecule has 1 unspecified atom stereocenters. The Labute approximate surface area is 95.3 Å². The van der Waals surface area contributed by atoms with Gasteiger partial charge in [-0.1, -0.05) is 0 Å². The Morgan fingerprint density at radius 2 is 2.53 bits per heavy atom. The van der Waals surface area contributed by atoms with Crippen LogP contribution in [0.15, 0.2) is 6.20 Å². The number of nitrogens with zero attached hydrogens (tertiary/aromatic N) is 2. The molecule has 1 atom stereocenters. The van der Waals surface area contributed by atoms with Crippen LogP contribution in [0.1, 0.15) is 28.6 Å². The zero-order valence-electron chi connectivity index (χ0n) is 9.28. The minimum absolute atomic E-state index is 0.673. The van der Waals surface area contributed by atoms with Gasteiger partial charge in [-0.05, 0) is 39.4 Å². The van der Waals surface area contributed by atoms with E-state index in [1.54, 1.807) is 0 Å². The van der Waals surface area contributed by atoms with E-state index >= 15 is 0 Å². The van der Waals surface area contributed by atoms with Gasteiger partial charge in [-0.15, -0.1) is 11.3 Å². The van der Waals surface area contributed by atoms with Gasteiger partial charge in [-0.25, -0.2) is 4.98 Å². The van der Waals surface area contributed by atoms with E-state index in [0.717, 1.165) is 19.4 Å². The van der Waals surface area contributed by atoms with Crippen LogP contribution in [0.5, 0.6) is 0 Å². The Kier molecular flexibility index (Phi) is 3.72. The van der Waals surface area contributed by atoms with Crippen molar-refractivity contribution in [3.63, 3.8) is 0 Å². The lowest BCUT2D eigenvalue weighted by molar-refractivity contribution is 0.411. The SMILES string of the molecule is CN1CCC(c2ncc(CCCN)s2)C1. The third-order valence-electron chi connectivity index (χ3n) is 2.94. The summed E-state index contributed by atoms with van der Waals surface area (Å²) in [6.07, 6.45) is 5.47. The zero-order chi connectivity index (χ0) is 10.7. The Morgan fingerprint density at radius 3 is 3.20 bits per heavy atom. The predicted octanol–water partition coefficient (Wildman–Crippen LogP) is 1.45. The normalized spacial score (nSPS) is 22.4. The smallest absolute Gasteiger partial charge is 0.0971 e. The average molecular weight is 225 g/mol. The molecule has 2 heterocycles. The molecule has 0 aliphatic carbocycles. The Balaban J connectivity index is 1.94. The average Bonchev–Trinajstić information content (AvgIpc) is 2.83. The van der Waals surface area contributed by atoms with Crippen LogP contribution in [-0.4, -0.2) is 36.6 Å². The van der Waals surface area contributed by atoms with Crippen molar-refractivity contribution in [2.75, 3.05) is 26.7 Å². The van der Waals surface area contributed by atoms with E-state index in [1.807, 2.05) is 17.5 Å². The molecule has 4 heteroatoms. The largest absolute Gasteiger partial charge is 0.330 e. The fourth-order valence-electron chi connectivity index (χ4n) is 2.04. The molecule has 2 N–H and O–H groups in total. The van der Waals surface area contributed by atoms with Gasteiger partial charge in [0.2, 0.25) is 0 Å². The first kappa shape index (κ1) is 11.0. The molecular weight excluding hydrogens is 206 g/mol. The van der Waals surface area contributed by atoms with Crippen LogP contribution in [0.3, 0.4) is 0 Å². The number of aromatic nitrogens is 1. The van der Waals surface area contributed by atoms with Crippen molar-refractivity contribution in [1.82, 2.24) is 9.88 Å². The van der Waals surface area contributed by atoms with Crippen molar-refractivity contribution in [2.24, 2.45) is 5.73 Å². The van der Waals surface area contributed by atoms with Crippen LogP contribution < -0.4 is 5.73 Å². The molecule has 1 aromatic heterocycles. The summed E-state index contributed by atoms with van der Waals surface area (Å²) < 4.78 is 0. The van der Waals surface area contributed by atoms with Crippen LogP contribution in [0.2, 0.25) is 0 Å². The molecule has 1 saturated heterocycles. The topological polar surface area (TPSA) is 42.2 Å². The summed E-state index contributed by atoms with van der Waals surface area (Å²) in [6.45, 7) is 3.16. The van der Waals surface area contributed by atoms with Gasteiger partial charge in [0.15, 0.2) is 0 Å². The van der Waals surface area contributed by atoms with Crippen molar-refractivity contribution in [3.05, 3.63) is 16.1 Å². The van der Waals surface area contributed by atoms with Crippen LogP contribution in [0.4, 0.5) is 0 Å². The van der Waals surface area contributed by atoms with E-state index in [0.29, 0.717) is 5.92 Å². The van der Waals surface area contributed by atoms with Crippen molar-refractivity contribution < 1.29 is 0 Å². The fourth-order valence-corrected chi connectivity index (χ4v) is 3.12. The molecule has 15 heavy (non-hydrogen) atoms. The molecule has 2 rings (SSSR count). The second-order valence-electron chi connectivity index (χ2n) is 4.30. The van der Waals surface area contributed by atoms with Crippen LogP contribution in [0.25, 0.3) is 0 Å². The molecule has 0 radical (unpaired) electrons. The molecule has 0 spiro atoms. The molecule has 3 nitrogen and oxygen atoms in total. The highest BCUT2D eigenvalue weighted by Crippen LogP contribution is 2.29. The van der Waals surface area contributed by atoms with E-state index in [1.165, 1.54) is 29.4 Å². The molecular formula is C11H19N3S. The molecule has 1 aromatic rings. The summed E-state index contributed by atoms with van der Waals surface area (Å²) in [4.78, 5) is 8.31. The Hall–Kier alpha value is -0.450. The van der Waals surface area contributed by atoms with Gasteiger partial charge in [0, 0.05) is 23.5 Å². The minimum Gasteiger partial charge on any atom is -0.330 e. The summed E-state index contributed by atoms with van der Waals surface area (Å²) in [5.74, 6) is 0.673. The number of thiazole rings is 1. The first-order valence-corrected chi connectivity index (χ1v) is 6.44. The highest BCUT2D eigenvalue weighted by molar-refractivity contribution is 7.11. The van der Waals surface area contributed by atoms with Gasteiger partial charge in [0.05, 0.1) is 5.01 Å². The van der Waals surface area contributed by atoms with Gasteiger partial charge in [-0.3, -0.25) is 0 Å². The second kappa shape index (κ2) is 5.05. The van der Waals surface area contributed by atoms with Crippen LogP contribution in [-0.2, 0) is 6.42 Å². The minimum atomic E-state index is 0.673. The molecule has 0 bridgehead atoms. The monoisotopic (exact) mass is 225 g/mol. The Morgan fingerprint density at radius 1 is 1.67 bits per heavy atom. The maximum Gasteiger partial charge on any atom is 0.0971 e. The highest BCUT2D eigenvalue weighted by Gasteiger charge is 2.23. The molecule has 84 valence electrons. The molecule has 1 fully saturated rings. The third kappa shape index (κ3) is 2.77. The lowest BCUT2D eigenvalue weighted by Gasteiger charge is -2.06. The van der Waals surface area contributed by atoms with Gasteiger partial charge >= 0.3 is 0 Å². The number of nitrogens with two attached hydrogens (primary N) is 1. The number of aryl methyl sites for hydroxylation is 1. The summed E-state index contributed by atoms with van der Waals surface area (Å²) in [6, 6.07) is 0. The number of likely N-dealkylation sites (tertiary alicyclic amines) is 1. The zero-order valence-corrected chi connectivity index (χ0v) is 10.1. The number of likely N-dealkylation sites (N-methyl/N-ethyl adjacent to an activating group) is 1. The second-order valence-corrected chi connectivity index (χ2v) is 5.45. The van der Waals surface area contributed by atoms with Crippen molar-refractivity contribution in [1.29, 1.82) is 0 Å². The van der Waals surface area contributed by atoms with E-state index in [2.05, 4.69) is 16.9 Å². The quantitative estimate of drug-likeness (QED) is 0.843. The molecule has 1 aliphatic heterocycles.